The Kier molecular flexibility index (Phi) is 23.5. The van der Waals surface area contributed by atoms with Gasteiger partial charge in [-0.25, -0.2) is 4.79 Å². The van der Waals surface area contributed by atoms with Gasteiger partial charge in [-0.05, 0) is 137 Å². The van der Waals surface area contributed by atoms with E-state index in [1.807, 2.05) is 70.1 Å². The lowest BCUT2D eigenvalue weighted by atomic mass is 9.75. The number of allylic oxidation sites excluding steroid dienone is 4. The summed E-state index contributed by atoms with van der Waals surface area (Å²) >= 11 is 0. The van der Waals surface area contributed by atoms with Crippen molar-refractivity contribution in [2.45, 2.75) is 98.7 Å². The minimum absolute atomic E-state index is 0.0157. The highest BCUT2D eigenvalue weighted by Gasteiger charge is 2.49. The minimum atomic E-state index is -4.74. The van der Waals surface area contributed by atoms with Crippen molar-refractivity contribution in [2.75, 3.05) is 70.1 Å². The van der Waals surface area contributed by atoms with Gasteiger partial charge in [0.05, 0.1) is 59.2 Å². The molecule has 2 aliphatic rings. The lowest BCUT2D eigenvalue weighted by Crippen LogP contribution is -2.32. The van der Waals surface area contributed by atoms with Crippen LogP contribution in [0.2, 0.25) is 0 Å². The van der Waals surface area contributed by atoms with Crippen LogP contribution in [0, 0.1) is 0 Å². The number of carbonyl (C=O) groups is 3. The van der Waals surface area contributed by atoms with E-state index in [0.717, 1.165) is 10.6 Å². The molecule has 0 bridgehead atoms. The largest absolute Gasteiger partial charge is 0.465 e. The zero-order chi connectivity index (χ0) is 64.1. The Morgan fingerprint density at radius 2 is 1.24 bits per heavy atom. The normalized spacial score (nSPS) is 17.5. The summed E-state index contributed by atoms with van der Waals surface area (Å²) in [6.45, 7) is 4.99. The molecule has 0 radical (unpaired) electrons. The molecule has 88 heavy (non-hydrogen) atoms. The van der Waals surface area contributed by atoms with E-state index in [4.69, 9.17) is 14.2 Å². The molecule has 0 aromatic heterocycles. The Labute approximate surface area is 516 Å². The second-order valence-corrected chi connectivity index (χ2v) is 30.1. The van der Waals surface area contributed by atoms with Gasteiger partial charge in [-0.2, -0.15) is 38.2 Å². The zero-order valence-electron chi connectivity index (χ0n) is 49.4. The van der Waals surface area contributed by atoms with Crippen LogP contribution in [-0.2, 0) is 70.3 Å². The first-order valence-electron chi connectivity index (χ1n) is 28.5. The van der Waals surface area contributed by atoms with Gasteiger partial charge in [0.2, 0.25) is 5.69 Å². The number of methoxy groups -OCH3 is 2. The number of ketones is 1. The number of ether oxygens (including phenoxy) is 3. The molecule has 0 saturated heterocycles. The number of hydrogen-bond donors (Lipinski definition) is 5. The number of esters is 1. The van der Waals surface area contributed by atoms with Crippen LogP contribution >= 0.6 is 7.92 Å². The Morgan fingerprint density at radius 1 is 0.648 bits per heavy atom. The van der Waals surface area contributed by atoms with Gasteiger partial charge in [0.15, 0.2) is 5.71 Å². The van der Waals surface area contributed by atoms with Crippen LogP contribution in [0.3, 0.4) is 0 Å². The summed E-state index contributed by atoms with van der Waals surface area (Å²) in [6.07, 6.45) is 7.56. The third-order valence-electron chi connectivity index (χ3n) is 15.8. The third kappa shape index (κ3) is 17.7. The van der Waals surface area contributed by atoms with Gasteiger partial charge in [-0.3, -0.25) is 27.8 Å². The standard InChI is InChI=1S/C62H74N3O18PS4/c1-61(32-16-40-85(69,70)71)52-43-49(87(75,76)77)27-30-54(52)64(57(61)24-14-25-58-62(2,33-17-41-86(72,73)74)53-44-50(88(78,79)80)28-31-55(53)65(58)36-37-83-39-38-81-3)35-13-7-8-18-46(66)19-15-34-63-59(67)45-26-29-51(60(68)82-4)56(42-45)84(47-20-9-5-10-21-47)48-22-11-6-12-23-48/h5-6,9-12,14,20-31,42-44H,7-8,13,15-19,32-41H2,1-4H3,(H4-,63,67,69,70,71,72,73,74,75,76,77,78,79,80)/p+1. The van der Waals surface area contributed by atoms with Crippen LogP contribution in [-0.4, -0.2) is 145 Å². The zero-order valence-corrected chi connectivity index (χ0v) is 53.6. The van der Waals surface area contributed by atoms with Gasteiger partial charge in [0.1, 0.15) is 12.3 Å². The molecule has 2 atom stereocenters. The SMILES string of the molecule is COCCOCCN1C(=CC=CC2=[N+](CCCCCC(=O)CCCNC(=O)c3ccc(C(=O)OC)c(P(c4ccccc4)c4ccccc4)c3)c3ccc(S(=O)(=O)O)cc3C2(C)CCCS(=O)(=O)O)C(C)(CCCS(=O)(=O)O)c2cc(S(=O)(=O)O)ccc21. The van der Waals surface area contributed by atoms with Crippen molar-refractivity contribution < 1.29 is 85.1 Å². The summed E-state index contributed by atoms with van der Waals surface area (Å²) in [5.74, 6) is -2.15. The molecule has 2 heterocycles. The fourth-order valence-electron chi connectivity index (χ4n) is 11.4. The highest BCUT2D eigenvalue weighted by atomic mass is 32.2. The van der Waals surface area contributed by atoms with Gasteiger partial charge < -0.3 is 24.4 Å². The van der Waals surface area contributed by atoms with Crippen LogP contribution < -0.4 is 26.1 Å². The molecule has 5 aromatic rings. The van der Waals surface area contributed by atoms with E-state index in [2.05, 4.69) is 5.32 Å². The monoisotopic (exact) mass is 1310 g/mol. The molecule has 474 valence electrons. The fraction of sp³-hybridized carbons (Fsp3) is 0.387. The second-order valence-electron chi connectivity index (χ2n) is 21.9. The number of amides is 1. The van der Waals surface area contributed by atoms with Crippen LogP contribution in [0.1, 0.15) is 110 Å². The average Bonchev–Trinajstić information content (AvgIpc) is 2.18. The van der Waals surface area contributed by atoms with Crippen LogP contribution in [0.15, 0.2) is 149 Å². The van der Waals surface area contributed by atoms with Gasteiger partial charge in [-0.1, -0.05) is 66.7 Å². The maximum absolute atomic E-state index is 13.6. The molecule has 21 nitrogen and oxygen atoms in total. The topological polar surface area (TPSA) is 315 Å². The van der Waals surface area contributed by atoms with Crippen molar-refractivity contribution in [1.29, 1.82) is 0 Å². The van der Waals surface area contributed by atoms with E-state index in [9.17, 15) is 66.3 Å². The summed E-state index contributed by atoms with van der Waals surface area (Å²) in [7, 11) is -16.8. The number of rotatable bonds is 33. The number of anilines is 1. The van der Waals surface area contributed by atoms with Crippen molar-refractivity contribution in [1.82, 2.24) is 5.32 Å². The molecule has 0 fully saturated rings. The fourth-order valence-corrected chi connectivity index (χ4v) is 15.9. The smallest absolute Gasteiger partial charge is 0.338 e. The first kappa shape index (κ1) is 69.1. The maximum Gasteiger partial charge on any atom is 0.338 e. The molecule has 0 saturated carbocycles. The Morgan fingerprint density at radius 3 is 1.83 bits per heavy atom. The number of fused-ring (bicyclic) bond motifs is 2. The predicted octanol–water partition coefficient (Wildman–Crippen LogP) is 7.64. The molecule has 1 amide bonds. The van der Waals surface area contributed by atoms with E-state index in [0.29, 0.717) is 89.2 Å². The molecule has 0 spiro atoms. The van der Waals surface area contributed by atoms with Crippen molar-refractivity contribution in [2.24, 2.45) is 0 Å². The number of Topliss-reactive ketones (excluding diaryl/α,β-unsaturated/α-hetero) is 1. The van der Waals surface area contributed by atoms with Crippen LogP contribution in [0.4, 0.5) is 11.4 Å². The number of nitrogens with zero attached hydrogens (tertiary/aromatic N) is 2. The molecule has 2 aliphatic heterocycles. The molecule has 5 aromatic carbocycles. The van der Waals surface area contributed by atoms with Crippen molar-refractivity contribution in [3.8, 4) is 0 Å². The van der Waals surface area contributed by atoms with Gasteiger partial charge in [0.25, 0.3) is 46.4 Å². The summed E-state index contributed by atoms with van der Waals surface area (Å²) < 4.78 is 157. The van der Waals surface area contributed by atoms with E-state index in [1.165, 1.54) is 44.6 Å². The first-order chi connectivity index (χ1) is 41.6. The number of hydrogen-bond acceptors (Lipinski definition) is 15. The Hall–Kier alpha value is -6.35. The Balaban J connectivity index is 1.12. The quantitative estimate of drug-likeness (QED) is 0.00885. The van der Waals surface area contributed by atoms with E-state index >= 15 is 0 Å². The van der Waals surface area contributed by atoms with E-state index in [1.54, 1.807) is 56.3 Å². The number of benzene rings is 5. The lowest BCUT2D eigenvalue weighted by Gasteiger charge is -2.30. The minimum Gasteiger partial charge on any atom is -0.465 e. The third-order valence-corrected chi connectivity index (χ3v) is 21.6. The maximum atomic E-state index is 13.6. The highest BCUT2D eigenvalue weighted by Crippen LogP contribution is 2.52. The summed E-state index contributed by atoms with van der Waals surface area (Å²) in [5, 5.41) is 5.53. The lowest BCUT2D eigenvalue weighted by molar-refractivity contribution is -0.438. The first-order valence-corrected chi connectivity index (χ1v) is 36.0. The van der Waals surface area contributed by atoms with E-state index < -0.39 is 86.5 Å². The second kappa shape index (κ2) is 30.0. The van der Waals surface area contributed by atoms with Crippen molar-refractivity contribution >= 4 is 99.1 Å². The summed E-state index contributed by atoms with van der Waals surface area (Å²) in [5.41, 5.74) is 1.43. The molecule has 26 heteroatoms. The predicted molar refractivity (Wildman–Crippen MR) is 337 cm³/mol. The van der Waals surface area contributed by atoms with Crippen molar-refractivity contribution in [3.63, 3.8) is 0 Å². The van der Waals surface area contributed by atoms with Crippen LogP contribution in [0.5, 0.6) is 0 Å². The molecule has 2 unspecified atom stereocenters. The Bertz CT molecular complexity index is 3880. The number of unbranched alkanes of at least 4 members (excludes halogenated alkanes) is 2. The molecule has 5 N–H and O–H groups in total. The number of nitrogens with one attached hydrogen (secondary N) is 1. The van der Waals surface area contributed by atoms with Gasteiger partial charge in [-0.15, -0.1) is 0 Å². The summed E-state index contributed by atoms with van der Waals surface area (Å²) in [6, 6.07) is 32.6. The van der Waals surface area contributed by atoms with Crippen LogP contribution in [0.25, 0.3) is 0 Å². The molecule has 7 rings (SSSR count). The van der Waals surface area contributed by atoms with Crippen molar-refractivity contribution in [3.05, 3.63) is 161 Å². The van der Waals surface area contributed by atoms with Gasteiger partial charge >= 0.3 is 5.97 Å². The molecular weight excluding hydrogens is 1230 g/mol. The van der Waals surface area contributed by atoms with E-state index in [-0.39, 0.29) is 76.5 Å². The van der Waals surface area contributed by atoms with Gasteiger partial charge in [0, 0.05) is 84.8 Å². The number of carbonyl (C=O) groups excluding carboxylic acids is 3. The highest BCUT2D eigenvalue weighted by molar-refractivity contribution is 7.86. The molecule has 0 aliphatic carbocycles. The average molecular weight is 1310 g/mol. The summed E-state index contributed by atoms with van der Waals surface area (Å²) in [4.78, 5) is 41.1. The molecular formula is C62H75N3O18PS4+.